The molecular weight excluding hydrogens is 230 g/mol. The normalized spacial score (nSPS) is 24.0. The number of nitrogens with two attached hydrogens (primary N) is 1. The van der Waals surface area contributed by atoms with E-state index in [1.807, 2.05) is 13.8 Å². The molecule has 1 fully saturated rings. The van der Waals surface area contributed by atoms with Crippen molar-refractivity contribution in [1.29, 1.82) is 0 Å². The minimum absolute atomic E-state index is 0.0213. The van der Waals surface area contributed by atoms with Gasteiger partial charge in [-0.05, 0) is 33.1 Å². The first kappa shape index (κ1) is 13.1. The Morgan fingerprint density at radius 1 is 1.33 bits per heavy atom. The van der Waals surface area contributed by atoms with Crippen LogP contribution in [0.3, 0.4) is 0 Å². The molecule has 1 heterocycles. The first-order chi connectivity index (χ1) is 8.65. The molecular formula is C13H21N3O2. The van der Waals surface area contributed by atoms with E-state index in [-0.39, 0.29) is 18.2 Å². The maximum absolute atomic E-state index is 6.03. The molecule has 5 nitrogen and oxygen atoms in total. The van der Waals surface area contributed by atoms with Crippen molar-refractivity contribution in [3.8, 4) is 11.9 Å². The van der Waals surface area contributed by atoms with Crippen LogP contribution in [0.2, 0.25) is 0 Å². The van der Waals surface area contributed by atoms with Crippen molar-refractivity contribution in [3.63, 3.8) is 0 Å². The monoisotopic (exact) mass is 251 g/mol. The summed E-state index contributed by atoms with van der Waals surface area (Å²) in [4.78, 5) is 8.34. The Morgan fingerprint density at radius 2 is 2.11 bits per heavy atom. The van der Waals surface area contributed by atoms with Gasteiger partial charge >= 0.3 is 6.01 Å². The van der Waals surface area contributed by atoms with Gasteiger partial charge in [0.1, 0.15) is 6.10 Å². The van der Waals surface area contributed by atoms with Crippen molar-refractivity contribution in [2.75, 3.05) is 0 Å². The molecule has 2 N–H and O–H groups in total. The summed E-state index contributed by atoms with van der Waals surface area (Å²) in [5, 5.41) is 0. The molecule has 2 unspecified atom stereocenters. The van der Waals surface area contributed by atoms with E-state index in [9.17, 15) is 0 Å². The zero-order chi connectivity index (χ0) is 13.0. The fraction of sp³-hybridized carbons (Fsp3) is 0.692. The Kier molecular flexibility index (Phi) is 4.36. The SMILES string of the molecule is CC(C)Oc1ccnc(OC2CCCCC2N)n1. The molecule has 5 heteroatoms. The van der Waals surface area contributed by atoms with E-state index in [0.29, 0.717) is 11.9 Å². The van der Waals surface area contributed by atoms with Gasteiger partial charge in [0.15, 0.2) is 0 Å². The van der Waals surface area contributed by atoms with Crippen LogP contribution in [0, 0.1) is 0 Å². The highest BCUT2D eigenvalue weighted by molar-refractivity contribution is 5.11. The van der Waals surface area contributed by atoms with E-state index in [1.54, 1.807) is 12.3 Å². The summed E-state index contributed by atoms with van der Waals surface area (Å²) in [6.07, 6.45) is 6.07. The maximum atomic E-state index is 6.03. The van der Waals surface area contributed by atoms with Gasteiger partial charge in [0, 0.05) is 18.3 Å². The average molecular weight is 251 g/mol. The Labute approximate surface area is 108 Å². The topological polar surface area (TPSA) is 70.3 Å². The first-order valence-electron chi connectivity index (χ1n) is 6.57. The summed E-state index contributed by atoms with van der Waals surface area (Å²) in [7, 11) is 0. The smallest absolute Gasteiger partial charge is 0.320 e. The number of ether oxygens (including phenoxy) is 2. The Hall–Kier alpha value is -1.36. The van der Waals surface area contributed by atoms with Crippen LogP contribution in [-0.2, 0) is 0 Å². The van der Waals surface area contributed by atoms with Gasteiger partial charge in [-0.25, -0.2) is 4.98 Å². The lowest BCUT2D eigenvalue weighted by Crippen LogP contribution is -2.41. The molecule has 1 aliphatic carbocycles. The van der Waals surface area contributed by atoms with Crippen LogP contribution in [0.25, 0.3) is 0 Å². The number of aromatic nitrogens is 2. The van der Waals surface area contributed by atoms with Crippen molar-refractivity contribution in [2.45, 2.75) is 57.8 Å². The molecule has 1 aromatic rings. The molecule has 0 bridgehead atoms. The molecule has 0 saturated heterocycles. The van der Waals surface area contributed by atoms with Crippen LogP contribution >= 0.6 is 0 Å². The largest absolute Gasteiger partial charge is 0.475 e. The third-order valence-electron chi connectivity index (χ3n) is 2.97. The summed E-state index contributed by atoms with van der Waals surface area (Å²) < 4.78 is 11.3. The number of nitrogens with zero attached hydrogens (tertiary/aromatic N) is 2. The highest BCUT2D eigenvalue weighted by atomic mass is 16.5. The van der Waals surface area contributed by atoms with E-state index < -0.39 is 0 Å². The lowest BCUT2D eigenvalue weighted by Gasteiger charge is -2.28. The summed E-state index contributed by atoms with van der Waals surface area (Å²) >= 11 is 0. The summed E-state index contributed by atoms with van der Waals surface area (Å²) in [6.45, 7) is 3.92. The van der Waals surface area contributed by atoms with Gasteiger partial charge in [0.05, 0.1) is 6.10 Å². The van der Waals surface area contributed by atoms with Gasteiger partial charge in [-0.2, -0.15) is 4.98 Å². The minimum Gasteiger partial charge on any atom is -0.475 e. The zero-order valence-corrected chi connectivity index (χ0v) is 11.0. The zero-order valence-electron chi connectivity index (χ0n) is 11.0. The van der Waals surface area contributed by atoms with Gasteiger partial charge in [0.2, 0.25) is 5.88 Å². The summed E-state index contributed by atoms with van der Waals surface area (Å²) in [5.74, 6) is 0.541. The Morgan fingerprint density at radius 3 is 2.83 bits per heavy atom. The molecule has 0 aromatic carbocycles. The second-order valence-electron chi connectivity index (χ2n) is 4.95. The summed E-state index contributed by atoms with van der Waals surface area (Å²) in [5.41, 5.74) is 6.03. The van der Waals surface area contributed by atoms with Crippen LogP contribution in [0.5, 0.6) is 11.9 Å². The fourth-order valence-electron chi connectivity index (χ4n) is 2.10. The molecule has 2 rings (SSSR count). The molecule has 1 aliphatic rings. The molecule has 0 amide bonds. The average Bonchev–Trinajstić information content (AvgIpc) is 2.32. The molecule has 18 heavy (non-hydrogen) atoms. The highest BCUT2D eigenvalue weighted by Gasteiger charge is 2.24. The first-order valence-corrected chi connectivity index (χ1v) is 6.57. The number of rotatable bonds is 4. The van der Waals surface area contributed by atoms with Gasteiger partial charge in [0.25, 0.3) is 0 Å². The number of hydrogen-bond donors (Lipinski definition) is 1. The molecule has 0 radical (unpaired) electrons. The molecule has 0 aliphatic heterocycles. The van der Waals surface area contributed by atoms with Crippen molar-refractivity contribution >= 4 is 0 Å². The third kappa shape index (κ3) is 3.57. The Balaban J connectivity index is 1.99. The third-order valence-corrected chi connectivity index (χ3v) is 2.97. The van der Waals surface area contributed by atoms with Crippen LogP contribution in [-0.4, -0.2) is 28.2 Å². The molecule has 2 atom stereocenters. The van der Waals surface area contributed by atoms with E-state index in [1.165, 1.54) is 6.42 Å². The molecule has 1 saturated carbocycles. The van der Waals surface area contributed by atoms with Crippen LogP contribution in [0.1, 0.15) is 39.5 Å². The predicted molar refractivity (Wildman–Crippen MR) is 68.7 cm³/mol. The van der Waals surface area contributed by atoms with Crippen molar-refractivity contribution in [3.05, 3.63) is 12.3 Å². The van der Waals surface area contributed by atoms with E-state index in [2.05, 4.69) is 9.97 Å². The molecule has 1 aromatic heterocycles. The second-order valence-corrected chi connectivity index (χ2v) is 4.95. The quantitative estimate of drug-likeness (QED) is 0.885. The van der Waals surface area contributed by atoms with Crippen molar-refractivity contribution in [2.24, 2.45) is 5.73 Å². The lowest BCUT2D eigenvalue weighted by molar-refractivity contribution is 0.118. The van der Waals surface area contributed by atoms with Crippen LogP contribution < -0.4 is 15.2 Å². The van der Waals surface area contributed by atoms with E-state index in [0.717, 1.165) is 19.3 Å². The van der Waals surface area contributed by atoms with E-state index in [4.69, 9.17) is 15.2 Å². The van der Waals surface area contributed by atoms with Gasteiger partial charge < -0.3 is 15.2 Å². The van der Waals surface area contributed by atoms with Crippen molar-refractivity contribution < 1.29 is 9.47 Å². The Bertz CT molecular complexity index is 384. The van der Waals surface area contributed by atoms with Gasteiger partial charge in [-0.1, -0.05) is 6.42 Å². The van der Waals surface area contributed by atoms with Gasteiger partial charge in [-0.3, -0.25) is 0 Å². The predicted octanol–water partition coefficient (Wildman–Crippen LogP) is 1.91. The molecule has 100 valence electrons. The maximum Gasteiger partial charge on any atom is 0.320 e. The molecule has 0 spiro atoms. The van der Waals surface area contributed by atoms with E-state index >= 15 is 0 Å². The fourth-order valence-corrected chi connectivity index (χ4v) is 2.10. The van der Waals surface area contributed by atoms with Gasteiger partial charge in [-0.15, -0.1) is 0 Å². The minimum atomic E-state index is 0.0213. The van der Waals surface area contributed by atoms with Crippen molar-refractivity contribution in [1.82, 2.24) is 9.97 Å². The highest BCUT2D eigenvalue weighted by Crippen LogP contribution is 2.21. The standard InChI is InChI=1S/C13H21N3O2/c1-9(2)17-12-7-8-15-13(16-12)18-11-6-4-3-5-10(11)14/h7-11H,3-6,14H2,1-2H3. The van der Waals surface area contributed by atoms with Crippen LogP contribution in [0.4, 0.5) is 0 Å². The lowest BCUT2D eigenvalue weighted by atomic mass is 9.93. The second kappa shape index (κ2) is 6.00. The van der Waals surface area contributed by atoms with Crippen LogP contribution in [0.15, 0.2) is 12.3 Å². The number of hydrogen-bond acceptors (Lipinski definition) is 5. The summed E-state index contributed by atoms with van der Waals surface area (Å²) in [6, 6.07) is 2.17.